The average Bonchev–Trinajstić information content (AvgIpc) is 2.54. The maximum Gasteiger partial charge on any atom is 0.242 e. The SMILES string of the molecule is CCCCCCCC(=O)NC(C)c1ccc(S(=O)(=O)N(C)C)cc1. The third-order valence-electron chi connectivity index (χ3n) is 4.04. The lowest BCUT2D eigenvalue weighted by molar-refractivity contribution is -0.121. The van der Waals surface area contributed by atoms with Crippen molar-refractivity contribution >= 4 is 15.9 Å². The molecule has 0 heterocycles. The number of nitrogens with zero attached hydrogens (tertiary/aromatic N) is 1. The van der Waals surface area contributed by atoms with Gasteiger partial charge in [-0.15, -0.1) is 0 Å². The van der Waals surface area contributed by atoms with Gasteiger partial charge in [-0.3, -0.25) is 4.79 Å². The maximum absolute atomic E-state index is 12.0. The second-order valence-corrected chi connectivity index (χ2v) is 8.46. The Labute approximate surface area is 146 Å². The summed E-state index contributed by atoms with van der Waals surface area (Å²) in [6.07, 6.45) is 6.15. The van der Waals surface area contributed by atoms with E-state index in [0.29, 0.717) is 6.42 Å². The predicted molar refractivity (Wildman–Crippen MR) is 97.2 cm³/mol. The lowest BCUT2D eigenvalue weighted by Crippen LogP contribution is -2.26. The second-order valence-electron chi connectivity index (χ2n) is 6.31. The highest BCUT2D eigenvalue weighted by molar-refractivity contribution is 7.89. The summed E-state index contributed by atoms with van der Waals surface area (Å²) in [5.41, 5.74) is 0.895. The molecule has 1 rings (SSSR count). The Morgan fingerprint density at radius 3 is 2.21 bits per heavy atom. The quantitative estimate of drug-likeness (QED) is 0.654. The van der Waals surface area contributed by atoms with Gasteiger partial charge >= 0.3 is 0 Å². The Morgan fingerprint density at radius 2 is 1.67 bits per heavy atom. The summed E-state index contributed by atoms with van der Waals surface area (Å²) < 4.78 is 25.3. The van der Waals surface area contributed by atoms with E-state index in [-0.39, 0.29) is 16.8 Å². The first-order valence-corrected chi connectivity index (χ1v) is 10.0. The van der Waals surface area contributed by atoms with Crippen LogP contribution in [0.4, 0.5) is 0 Å². The van der Waals surface area contributed by atoms with Gasteiger partial charge in [0.2, 0.25) is 15.9 Å². The van der Waals surface area contributed by atoms with E-state index in [0.717, 1.165) is 18.4 Å². The van der Waals surface area contributed by atoms with Crippen molar-refractivity contribution in [2.75, 3.05) is 14.1 Å². The van der Waals surface area contributed by atoms with Crippen LogP contribution in [0.3, 0.4) is 0 Å². The first-order valence-electron chi connectivity index (χ1n) is 8.61. The molecule has 0 saturated heterocycles. The average molecular weight is 355 g/mol. The fraction of sp³-hybridized carbons (Fsp3) is 0.611. The van der Waals surface area contributed by atoms with Crippen molar-refractivity contribution in [3.8, 4) is 0 Å². The van der Waals surface area contributed by atoms with E-state index in [9.17, 15) is 13.2 Å². The Bertz CT molecular complexity index is 610. The number of hydrogen-bond donors (Lipinski definition) is 1. The molecule has 0 saturated carbocycles. The van der Waals surface area contributed by atoms with Crippen LogP contribution in [0, 0.1) is 0 Å². The highest BCUT2D eigenvalue weighted by atomic mass is 32.2. The van der Waals surface area contributed by atoms with Gasteiger partial charge in [0.05, 0.1) is 10.9 Å². The number of hydrogen-bond acceptors (Lipinski definition) is 3. The molecule has 1 unspecified atom stereocenters. The fourth-order valence-corrected chi connectivity index (χ4v) is 3.33. The van der Waals surface area contributed by atoms with E-state index < -0.39 is 10.0 Å². The zero-order chi connectivity index (χ0) is 18.2. The highest BCUT2D eigenvalue weighted by Gasteiger charge is 2.17. The zero-order valence-electron chi connectivity index (χ0n) is 15.2. The van der Waals surface area contributed by atoms with Gasteiger partial charge in [-0.2, -0.15) is 0 Å². The number of benzene rings is 1. The molecule has 0 aliphatic carbocycles. The van der Waals surface area contributed by atoms with Crippen LogP contribution in [0.1, 0.15) is 64.0 Å². The van der Waals surface area contributed by atoms with Crippen LogP contribution >= 0.6 is 0 Å². The maximum atomic E-state index is 12.0. The molecule has 1 atom stereocenters. The number of amides is 1. The standard InChI is InChI=1S/C18H30N2O3S/c1-5-6-7-8-9-10-18(21)19-15(2)16-11-13-17(14-12-16)24(22,23)20(3)4/h11-15H,5-10H2,1-4H3,(H,19,21). The number of carbonyl (C=O) groups is 1. The molecule has 6 heteroatoms. The summed E-state index contributed by atoms with van der Waals surface area (Å²) in [6, 6.07) is 6.53. The molecule has 0 aromatic heterocycles. The van der Waals surface area contributed by atoms with Crippen molar-refractivity contribution in [3.63, 3.8) is 0 Å². The van der Waals surface area contributed by atoms with E-state index in [4.69, 9.17) is 0 Å². The fourth-order valence-electron chi connectivity index (χ4n) is 2.43. The molecule has 1 aromatic carbocycles. The van der Waals surface area contributed by atoms with Crippen LogP contribution in [0.2, 0.25) is 0 Å². The normalized spacial score (nSPS) is 13.0. The Kier molecular flexibility index (Phi) is 8.42. The zero-order valence-corrected chi connectivity index (χ0v) is 16.0. The summed E-state index contributed by atoms with van der Waals surface area (Å²) in [5, 5.41) is 2.97. The Balaban J connectivity index is 2.53. The molecule has 24 heavy (non-hydrogen) atoms. The molecule has 0 bridgehead atoms. The van der Waals surface area contributed by atoms with Crippen molar-refractivity contribution in [1.82, 2.24) is 9.62 Å². The lowest BCUT2D eigenvalue weighted by atomic mass is 10.1. The minimum Gasteiger partial charge on any atom is -0.350 e. The van der Waals surface area contributed by atoms with Gasteiger partial charge in [0.25, 0.3) is 0 Å². The number of carbonyl (C=O) groups excluding carboxylic acids is 1. The second kappa shape index (κ2) is 9.79. The van der Waals surface area contributed by atoms with E-state index >= 15 is 0 Å². The van der Waals surface area contributed by atoms with Gasteiger partial charge in [0.1, 0.15) is 0 Å². The van der Waals surface area contributed by atoms with Crippen molar-refractivity contribution in [3.05, 3.63) is 29.8 Å². The molecule has 0 radical (unpaired) electrons. The van der Waals surface area contributed by atoms with Crippen molar-refractivity contribution in [1.29, 1.82) is 0 Å². The van der Waals surface area contributed by atoms with Gasteiger partial charge in [0.15, 0.2) is 0 Å². The molecule has 0 aliphatic rings. The van der Waals surface area contributed by atoms with E-state index in [2.05, 4.69) is 12.2 Å². The molecule has 1 aromatic rings. The third-order valence-corrected chi connectivity index (χ3v) is 5.87. The van der Waals surface area contributed by atoms with Crippen LogP contribution in [-0.4, -0.2) is 32.7 Å². The number of sulfonamides is 1. The molecule has 1 N–H and O–H groups in total. The van der Waals surface area contributed by atoms with E-state index in [1.54, 1.807) is 24.3 Å². The summed E-state index contributed by atoms with van der Waals surface area (Å²) in [4.78, 5) is 12.2. The minimum absolute atomic E-state index is 0.0454. The topological polar surface area (TPSA) is 66.5 Å². The summed E-state index contributed by atoms with van der Waals surface area (Å²) in [5.74, 6) is 0.0454. The first-order chi connectivity index (χ1) is 11.3. The molecule has 0 spiro atoms. The van der Waals surface area contributed by atoms with Gasteiger partial charge in [-0.25, -0.2) is 12.7 Å². The molecule has 0 fully saturated rings. The summed E-state index contributed by atoms with van der Waals surface area (Å²) in [7, 11) is -0.403. The van der Waals surface area contributed by atoms with Gasteiger partial charge in [-0.1, -0.05) is 44.7 Å². The van der Waals surface area contributed by atoms with Gasteiger partial charge < -0.3 is 5.32 Å². The van der Waals surface area contributed by atoms with Crippen LogP contribution in [0.25, 0.3) is 0 Å². The van der Waals surface area contributed by atoms with Crippen molar-refractivity contribution in [2.24, 2.45) is 0 Å². The summed E-state index contributed by atoms with van der Waals surface area (Å²) >= 11 is 0. The van der Waals surface area contributed by atoms with Crippen molar-refractivity contribution in [2.45, 2.75) is 63.3 Å². The molecule has 136 valence electrons. The van der Waals surface area contributed by atoms with Gasteiger partial charge in [-0.05, 0) is 31.0 Å². The Morgan fingerprint density at radius 1 is 1.08 bits per heavy atom. The molecular weight excluding hydrogens is 324 g/mol. The molecule has 0 aliphatic heterocycles. The minimum atomic E-state index is -3.42. The Hall–Kier alpha value is -1.40. The summed E-state index contributed by atoms with van der Waals surface area (Å²) in [6.45, 7) is 4.08. The number of rotatable bonds is 10. The number of nitrogens with one attached hydrogen (secondary N) is 1. The smallest absolute Gasteiger partial charge is 0.242 e. The first kappa shape index (κ1) is 20.6. The van der Waals surface area contributed by atoms with E-state index in [1.165, 1.54) is 37.7 Å². The van der Waals surface area contributed by atoms with Crippen LogP contribution in [-0.2, 0) is 14.8 Å². The molecule has 5 nitrogen and oxygen atoms in total. The monoisotopic (exact) mass is 354 g/mol. The predicted octanol–water partition coefficient (Wildman–Crippen LogP) is 3.47. The highest BCUT2D eigenvalue weighted by Crippen LogP contribution is 2.18. The third kappa shape index (κ3) is 6.24. The molecular formula is C18H30N2O3S. The van der Waals surface area contributed by atoms with Crippen molar-refractivity contribution < 1.29 is 13.2 Å². The van der Waals surface area contributed by atoms with Crippen LogP contribution in [0.15, 0.2) is 29.2 Å². The van der Waals surface area contributed by atoms with Gasteiger partial charge in [0, 0.05) is 20.5 Å². The number of unbranched alkanes of at least 4 members (excludes halogenated alkanes) is 4. The molecule has 1 amide bonds. The van der Waals surface area contributed by atoms with Crippen LogP contribution in [0.5, 0.6) is 0 Å². The van der Waals surface area contributed by atoms with E-state index in [1.807, 2.05) is 6.92 Å². The largest absolute Gasteiger partial charge is 0.350 e. The lowest BCUT2D eigenvalue weighted by Gasteiger charge is -2.16. The van der Waals surface area contributed by atoms with Crippen LogP contribution < -0.4 is 5.32 Å².